The average Bonchev–Trinajstić information content (AvgIpc) is 2.93. The summed E-state index contributed by atoms with van der Waals surface area (Å²) in [5.74, 6) is -0.168. The molecule has 1 unspecified atom stereocenters. The minimum Gasteiger partial charge on any atom is -0.454 e. The Morgan fingerprint density at radius 3 is 2.32 bits per heavy atom. The third-order valence-electron chi connectivity index (χ3n) is 5.28. The number of carbonyl (C=O) groups is 1. The van der Waals surface area contributed by atoms with Crippen LogP contribution in [0, 0.1) is 0 Å². The molecule has 0 radical (unpaired) electrons. The van der Waals surface area contributed by atoms with E-state index < -0.39 is 11.1 Å². The fourth-order valence-electron chi connectivity index (χ4n) is 3.96. The first-order valence-corrected chi connectivity index (χ1v) is 7.66. The maximum Gasteiger partial charge on any atom is 0.329 e. The molecule has 2 aromatic rings. The van der Waals surface area contributed by atoms with Crippen LogP contribution in [0.25, 0.3) is 0 Å². The van der Waals surface area contributed by atoms with Crippen molar-refractivity contribution >= 4 is 17.6 Å². The highest BCUT2D eigenvalue weighted by atomic mass is 35.5. The number of morpholine rings is 1. The summed E-state index contributed by atoms with van der Waals surface area (Å²) in [4.78, 5) is 14.6. The number of fused-ring (bicyclic) bond motifs is 1. The summed E-state index contributed by atoms with van der Waals surface area (Å²) in [6.07, 6.45) is -0.324. The van der Waals surface area contributed by atoms with Gasteiger partial charge in [-0.25, -0.2) is 4.79 Å². The molecule has 3 nitrogen and oxygen atoms in total. The molecule has 2 aliphatic rings. The molecule has 0 aliphatic carbocycles. The summed E-state index contributed by atoms with van der Waals surface area (Å²) in [5.41, 5.74) is 1.01. The zero-order valence-corrected chi connectivity index (χ0v) is 13.2. The van der Waals surface area contributed by atoms with Crippen LogP contribution in [0.15, 0.2) is 54.6 Å². The Labute approximate surface area is 134 Å². The first-order valence-electron chi connectivity index (χ1n) is 7.29. The second-order valence-electron chi connectivity index (χ2n) is 6.10. The lowest BCUT2D eigenvalue weighted by molar-refractivity contribution is -0.149. The number of nitrogens with zero attached hydrogens (tertiary/aromatic N) is 1. The smallest absolute Gasteiger partial charge is 0.329 e. The van der Waals surface area contributed by atoms with Gasteiger partial charge in [-0.05, 0) is 37.2 Å². The molecule has 4 heteroatoms. The SMILES string of the molecule is CN1[C@]2(C)C(=O)O[C@H](c3ccc(Cl)cc3)[C@]12c1ccccc1. The normalized spacial score (nSPS) is 35.9. The Balaban J connectivity index is 1.89. The van der Waals surface area contributed by atoms with Crippen molar-refractivity contribution < 1.29 is 9.53 Å². The van der Waals surface area contributed by atoms with E-state index in [2.05, 4.69) is 17.0 Å². The molecule has 112 valence electrons. The van der Waals surface area contributed by atoms with Crippen LogP contribution in [0.5, 0.6) is 0 Å². The van der Waals surface area contributed by atoms with Crippen LogP contribution in [0.3, 0.4) is 0 Å². The number of esters is 1. The highest BCUT2D eigenvalue weighted by Gasteiger charge is 2.84. The summed E-state index contributed by atoms with van der Waals surface area (Å²) in [6, 6.07) is 17.6. The monoisotopic (exact) mass is 313 g/mol. The summed E-state index contributed by atoms with van der Waals surface area (Å²) >= 11 is 5.98. The zero-order valence-electron chi connectivity index (χ0n) is 12.4. The second kappa shape index (κ2) is 4.34. The van der Waals surface area contributed by atoms with Gasteiger partial charge in [0.2, 0.25) is 0 Å². The van der Waals surface area contributed by atoms with Crippen molar-refractivity contribution in [2.24, 2.45) is 0 Å². The molecule has 4 atom stereocenters. The van der Waals surface area contributed by atoms with Crippen LogP contribution in [-0.4, -0.2) is 23.5 Å². The first kappa shape index (κ1) is 13.8. The molecule has 0 aromatic heterocycles. The van der Waals surface area contributed by atoms with Crippen LogP contribution in [0.2, 0.25) is 5.02 Å². The van der Waals surface area contributed by atoms with E-state index in [0.717, 1.165) is 11.1 Å². The summed E-state index contributed by atoms with van der Waals surface area (Å²) in [7, 11) is 1.98. The third kappa shape index (κ3) is 1.43. The minimum absolute atomic E-state index is 0.168. The Bertz CT molecular complexity index is 745. The van der Waals surface area contributed by atoms with Crippen molar-refractivity contribution in [1.82, 2.24) is 4.90 Å². The largest absolute Gasteiger partial charge is 0.454 e. The fraction of sp³-hybridized carbons (Fsp3) is 0.278. The van der Waals surface area contributed by atoms with E-state index >= 15 is 0 Å². The van der Waals surface area contributed by atoms with E-state index in [1.54, 1.807) is 0 Å². The van der Waals surface area contributed by atoms with Crippen molar-refractivity contribution in [1.29, 1.82) is 0 Å². The van der Waals surface area contributed by atoms with Crippen molar-refractivity contribution in [2.45, 2.75) is 24.1 Å². The molecule has 2 heterocycles. The van der Waals surface area contributed by atoms with Gasteiger partial charge in [0.1, 0.15) is 11.1 Å². The van der Waals surface area contributed by atoms with Gasteiger partial charge in [-0.2, -0.15) is 0 Å². The number of cyclic esters (lactones) is 1. The maximum absolute atomic E-state index is 12.5. The van der Waals surface area contributed by atoms with Crippen molar-refractivity contribution in [2.75, 3.05) is 7.05 Å². The Hall–Kier alpha value is -1.84. The van der Waals surface area contributed by atoms with E-state index in [9.17, 15) is 4.79 Å². The summed E-state index contributed by atoms with van der Waals surface area (Å²) in [6.45, 7) is 1.96. The lowest BCUT2D eigenvalue weighted by Crippen LogP contribution is -2.24. The highest BCUT2D eigenvalue weighted by molar-refractivity contribution is 6.30. The number of likely N-dealkylation sites (N-methyl/N-ethyl adjacent to an activating group) is 1. The van der Waals surface area contributed by atoms with Crippen LogP contribution < -0.4 is 0 Å². The lowest BCUT2D eigenvalue weighted by atomic mass is 9.82. The van der Waals surface area contributed by atoms with Crippen molar-refractivity contribution in [3.63, 3.8) is 0 Å². The van der Waals surface area contributed by atoms with Gasteiger partial charge in [-0.1, -0.05) is 54.1 Å². The fourth-order valence-corrected chi connectivity index (χ4v) is 4.08. The minimum atomic E-state index is -0.612. The number of rotatable bonds is 2. The molecular formula is C18H16ClNO2. The number of carbonyl (C=O) groups excluding carboxylic acids is 1. The van der Waals surface area contributed by atoms with Crippen LogP contribution in [0.4, 0.5) is 0 Å². The van der Waals surface area contributed by atoms with E-state index in [-0.39, 0.29) is 12.1 Å². The molecule has 2 fully saturated rings. The molecular weight excluding hydrogens is 298 g/mol. The second-order valence-corrected chi connectivity index (χ2v) is 6.54. The zero-order chi connectivity index (χ0) is 15.5. The van der Waals surface area contributed by atoms with Crippen LogP contribution in [0.1, 0.15) is 24.2 Å². The van der Waals surface area contributed by atoms with Gasteiger partial charge in [-0.3, -0.25) is 4.90 Å². The molecule has 2 saturated heterocycles. The molecule has 0 N–H and O–H groups in total. The maximum atomic E-state index is 12.5. The van der Waals surface area contributed by atoms with E-state index in [1.807, 2.05) is 56.4 Å². The summed E-state index contributed by atoms with van der Waals surface area (Å²) in [5, 5.41) is 0.675. The number of hydrogen-bond donors (Lipinski definition) is 0. The average molecular weight is 314 g/mol. The first-order chi connectivity index (χ1) is 10.5. The Morgan fingerprint density at radius 1 is 1.09 bits per heavy atom. The lowest BCUT2D eigenvalue weighted by Gasteiger charge is -2.24. The van der Waals surface area contributed by atoms with Gasteiger partial charge >= 0.3 is 5.97 Å². The predicted octanol–water partition coefficient (Wildman–Crippen LogP) is 3.54. The topological polar surface area (TPSA) is 29.3 Å². The third-order valence-corrected chi connectivity index (χ3v) is 5.53. The van der Waals surface area contributed by atoms with Crippen LogP contribution in [-0.2, 0) is 15.1 Å². The van der Waals surface area contributed by atoms with Crippen molar-refractivity contribution in [3.05, 3.63) is 70.7 Å². The van der Waals surface area contributed by atoms with E-state index in [4.69, 9.17) is 16.3 Å². The number of ether oxygens (including phenoxy) is 1. The molecule has 2 aromatic carbocycles. The predicted molar refractivity (Wildman–Crippen MR) is 84.6 cm³/mol. The van der Waals surface area contributed by atoms with E-state index in [1.165, 1.54) is 0 Å². The van der Waals surface area contributed by atoms with Gasteiger partial charge < -0.3 is 4.74 Å². The van der Waals surface area contributed by atoms with Crippen molar-refractivity contribution in [3.8, 4) is 0 Å². The Morgan fingerprint density at radius 2 is 1.73 bits per heavy atom. The highest BCUT2D eigenvalue weighted by Crippen LogP contribution is 2.69. The molecule has 4 rings (SSSR count). The van der Waals surface area contributed by atoms with Gasteiger partial charge in [0.15, 0.2) is 6.10 Å². The van der Waals surface area contributed by atoms with E-state index in [0.29, 0.717) is 5.02 Å². The number of benzene rings is 2. The Kier molecular flexibility index (Phi) is 2.72. The van der Waals surface area contributed by atoms with Gasteiger partial charge in [0.25, 0.3) is 0 Å². The molecule has 0 amide bonds. The van der Waals surface area contributed by atoms with Gasteiger partial charge in [0.05, 0.1) is 0 Å². The standard InChI is InChI=1S/C18H16ClNO2/c1-17-16(21)22-15(12-8-10-14(19)11-9-12)18(17,20(17)2)13-6-4-3-5-7-13/h3-11,15H,1-2H3/t15-,17-,18+,20?/m1/s1. The quantitative estimate of drug-likeness (QED) is 0.627. The number of halogens is 1. The summed E-state index contributed by atoms with van der Waals surface area (Å²) < 4.78 is 5.76. The molecule has 22 heavy (non-hydrogen) atoms. The molecule has 0 spiro atoms. The number of hydrogen-bond acceptors (Lipinski definition) is 3. The van der Waals surface area contributed by atoms with Crippen LogP contribution >= 0.6 is 11.6 Å². The van der Waals surface area contributed by atoms with Gasteiger partial charge in [0, 0.05) is 5.02 Å². The molecule has 0 bridgehead atoms. The molecule has 0 saturated carbocycles. The van der Waals surface area contributed by atoms with Gasteiger partial charge in [-0.15, -0.1) is 0 Å². The molecule has 2 aliphatic heterocycles.